The van der Waals surface area contributed by atoms with Gasteiger partial charge in [0.2, 0.25) is 0 Å². The molecule has 2 aromatic rings. The molecule has 0 unspecified atom stereocenters. The normalized spacial score (nSPS) is 11.3. The molecule has 4 nitrogen and oxygen atoms in total. The molecule has 0 heterocycles. The minimum absolute atomic E-state index is 0.0668. The Morgan fingerprint density at radius 2 is 1.90 bits per heavy atom. The molecule has 0 saturated carbocycles. The van der Waals surface area contributed by atoms with Gasteiger partial charge in [0.1, 0.15) is 11.5 Å². The molecule has 20 heavy (non-hydrogen) atoms. The molecule has 0 aliphatic rings. The van der Waals surface area contributed by atoms with Crippen LogP contribution in [0.15, 0.2) is 53.7 Å². The van der Waals surface area contributed by atoms with Crippen LogP contribution in [0, 0.1) is 0 Å². The molecule has 0 saturated heterocycles. The molecule has 0 aromatic heterocycles. The van der Waals surface area contributed by atoms with Gasteiger partial charge in [-0.05, 0) is 30.7 Å². The highest BCUT2D eigenvalue weighted by Crippen LogP contribution is 2.25. The lowest BCUT2D eigenvalue weighted by atomic mass is 10.0. The summed E-state index contributed by atoms with van der Waals surface area (Å²) < 4.78 is 5.40. The van der Waals surface area contributed by atoms with Crippen LogP contribution in [0.25, 0.3) is 0 Å². The van der Waals surface area contributed by atoms with Crippen LogP contribution < -0.4 is 4.74 Å². The highest BCUT2D eigenvalue weighted by molar-refractivity contribution is 6.03. The van der Waals surface area contributed by atoms with Gasteiger partial charge in [-0.15, -0.1) is 0 Å². The van der Waals surface area contributed by atoms with Gasteiger partial charge >= 0.3 is 0 Å². The average molecular weight is 271 g/mol. The number of benzene rings is 2. The van der Waals surface area contributed by atoms with Gasteiger partial charge in [-0.1, -0.05) is 35.5 Å². The number of ether oxygens (including phenoxy) is 1. The Bertz CT molecular complexity index is 594. The van der Waals surface area contributed by atoms with Gasteiger partial charge in [0.25, 0.3) is 0 Å². The first-order chi connectivity index (χ1) is 9.74. The predicted octanol–water partition coefficient (Wildman–Crippen LogP) is 3.21. The number of phenolic OH excluding ortho intramolecular Hbond substituents is 1. The zero-order valence-corrected chi connectivity index (χ0v) is 11.3. The van der Waals surface area contributed by atoms with Crippen LogP contribution in [0.5, 0.6) is 11.5 Å². The standard InChI is InChI=1S/C16H17NO3/c1-2-20-13-8-9-16(18)14(11-13)15(17-19)10-12-6-4-3-5-7-12/h3-9,11,18-19H,2,10H2,1H3. The van der Waals surface area contributed by atoms with E-state index < -0.39 is 0 Å². The van der Waals surface area contributed by atoms with Gasteiger partial charge in [-0.25, -0.2) is 0 Å². The lowest BCUT2D eigenvalue weighted by Crippen LogP contribution is -2.06. The number of phenols is 1. The van der Waals surface area contributed by atoms with Crippen LogP contribution >= 0.6 is 0 Å². The first kappa shape index (κ1) is 13.9. The maximum Gasteiger partial charge on any atom is 0.125 e. The molecule has 104 valence electrons. The van der Waals surface area contributed by atoms with Gasteiger partial charge in [0.05, 0.1) is 12.3 Å². The summed E-state index contributed by atoms with van der Waals surface area (Å²) in [6.07, 6.45) is 0.431. The van der Waals surface area contributed by atoms with Crippen molar-refractivity contribution in [1.82, 2.24) is 0 Å². The number of rotatable bonds is 5. The Labute approximate surface area is 117 Å². The highest BCUT2D eigenvalue weighted by Gasteiger charge is 2.12. The third kappa shape index (κ3) is 3.29. The van der Waals surface area contributed by atoms with Crippen LogP contribution in [-0.4, -0.2) is 22.6 Å². The molecule has 0 radical (unpaired) electrons. The fraction of sp³-hybridized carbons (Fsp3) is 0.188. The molecule has 2 aromatic carbocycles. The Hall–Kier alpha value is -2.49. The van der Waals surface area contributed by atoms with E-state index >= 15 is 0 Å². The summed E-state index contributed by atoms with van der Waals surface area (Å²) in [7, 11) is 0. The summed E-state index contributed by atoms with van der Waals surface area (Å²) in [5.74, 6) is 0.701. The monoisotopic (exact) mass is 271 g/mol. The molecule has 2 rings (SSSR count). The third-order valence-corrected chi connectivity index (χ3v) is 2.93. The van der Waals surface area contributed by atoms with Gasteiger partial charge in [-0.3, -0.25) is 0 Å². The number of oxime groups is 1. The second kappa shape index (κ2) is 6.61. The van der Waals surface area contributed by atoms with E-state index in [0.29, 0.717) is 30.1 Å². The first-order valence-corrected chi connectivity index (χ1v) is 6.45. The number of hydrogen-bond donors (Lipinski definition) is 2. The second-order valence-corrected chi connectivity index (χ2v) is 4.32. The molecule has 0 bridgehead atoms. The van der Waals surface area contributed by atoms with Crippen molar-refractivity contribution in [3.63, 3.8) is 0 Å². The Balaban J connectivity index is 2.30. The zero-order chi connectivity index (χ0) is 14.4. The lowest BCUT2D eigenvalue weighted by molar-refractivity contribution is 0.318. The largest absolute Gasteiger partial charge is 0.507 e. The van der Waals surface area contributed by atoms with E-state index in [9.17, 15) is 10.3 Å². The predicted molar refractivity (Wildman–Crippen MR) is 77.7 cm³/mol. The van der Waals surface area contributed by atoms with Crippen molar-refractivity contribution in [1.29, 1.82) is 0 Å². The number of aromatic hydroxyl groups is 1. The van der Waals surface area contributed by atoms with Crippen LogP contribution in [0.4, 0.5) is 0 Å². The molecule has 0 aliphatic heterocycles. The van der Waals surface area contributed by atoms with Crippen molar-refractivity contribution in [3.05, 3.63) is 59.7 Å². The fourth-order valence-electron chi connectivity index (χ4n) is 1.98. The van der Waals surface area contributed by atoms with Gasteiger partial charge in [-0.2, -0.15) is 0 Å². The summed E-state index contributed by atoms with van der Waals surface area (Å²) in [5, 5.41) is 22.5. The van der Waals surface area contributed by atoms with E-state index in [1.54, 1.807) is 12.1 Å². The van der Waals surface area contributed by atoms with Crippen molar-refractivity contribution in [2.24, 2.45) is 5.16 Å². The summed E-state index contributed by atoms with van der Waals surface area (Å²) >= 11 is 0. The second-order valence-electron chi connectivity index (χ2n) is 4.32. The number of hydrogen-bond acceptors (Lipinski definition) is 4. The molecule has 0 fully saturated rings. The quantitative estimate of drug-likeness (QED) is 0.498. The van der Waals surface area contributed by atoms with Crippen LogP contribution in [0.2, 0.25) is 0 Å². The van der Waals surface area contributed by atoms with Crippen molar-refractivity contribution < 1.29 is 15.1 Å². The van der Waals surface area contributed by atoms with Crippen molar-refractivity contribution in [2.45, 2.75) is 13.3 Å². The van der Waals surface area contributed by atoms with Crippen molar-refractivity contribution in [3.8, 4) is 11.5 Å². The smallest absolute Gasteiger partial charge is 0.125 e. The van der Waals surface area contributed by atoms with E-state index in [-0.39, 0.29) is 5.75 Å². The SMILES string of the molecule is CCOc1ccc(O)c(C(Cc2ccccc2)=NO)c1. The Morgan fingerprint density at radius 1 is 1.15 bits per heavy atom. The zero-order valence-electron chi connectivity index (χ0n) is 11.3. The van der Waals surface area contributed by atoms with Crippen molar-refractivity contribution in [2.75, 3.05) is 6.61 Å². The van der Waals surface area contributed by atoms with E-state index in [2.05, 4.69) is 5.16 Å². The minimum Gasteiger partial charge on any atom is -0.507 e. The molecule has 0 spiro atoms. The van der Waals surface area contributed by atoms with Gasteiger partial charge in [0, 0.05) is 12.0 Å². The maximum atomic E-state index is 9.94. The molecule has 0 amide bonds. The first-order valence-electron chi connectivity index (χ1n) is 6.45. The van der Waals surface area contributed by atoms with Crippen LogP contribution in [0.1, 0.15) is 18.1 Å². The van der Waals surface area contributed by atoms with Gasteiger partial charge in [0.15, 0.2) is 0 Å². The highest BCUT2D eigenvalue weighted by atomic mass is 16.5. The molecule has 4 heteroatoms. The molecule has 0 aliphatic carbocycles. The average Bonchev–Trinajstić information content (AvgIpc) is 2.48. The summed E-state index contributed by atoms with van der Waals surface area (Å²) in [6, 6.07) is 14.5. The van der Waals surface area contributed by atoms with Crippen LogP contribution in [-0.2, 0) is 6.42 Å². The van der Waals surface area contributed by atoms with Crippen molar-refractivity contribution >= 4 is 5.71 Å². The summed E-state index contributed by atoms with van der Waals surface area (Å²) in [4.78, 5) is 0. The maximum absolute atomic E-state index is 9.94. The third-order valence-electron chi connectivity index (χ3n) is 2.93. The van der Waals surface area contributed by atoms with Gasteiger partial charge < -0.3 is 15.1 Å². The Morgan fingerprint density at radius 3 is 2.55 bits per heavy atom. The summed E-state index contributed by atoms with van der Waals surface area (Å²) in [6.45, 7) is 2.42. The Kier molecular flexibility index (Phi) is 4.60. The summed E-state index contributed by atoms with van der Waals surface area (Å²) in [5.41, 5.74) is 1.87. The lowest BCUT2D eigenvalue weighted by Gasteiger charge is -2.10. The van der Waals surface area contributed by atoms with E-state index in [1.807, 2.05) is 37.3 Å². The van der Waals surface area contributed by atoms with E-state index in [1.165, 1.54) is 6.07 Å². The van der Waals surface area contributed by atoms with E-state index in [4.69, 9.17) is 4.74 Å². The molecular formula is C16H17NO3. The molecule has 0 atom stereocenters. The van der Waals surface area contributed by atoms with E-state index in [0.717, 1.165) is 5.56 Å². The number of nitrogens with zero attached hydrogens (tertiary/aromatic N) is 1. The molecule has 2 N–H and O–H groups in total. The van der Waals surface area contributed by atoms with Crippen LogP contribution in [0.3, 0.4) is 0 Å². The minimum atomic E-state index is 0.0668. The fourth-order valence-corrected chi connectivity index (χ4v) is 1.98. The molecular weight excluding hydrogens is 254 g/mol. The topological polar surface area (TPSA) is 62.0 Å².